The molecule has 0 unspecified atom stereocenters. The number of H-pyrrole nitrogens is 1. The third-order valence-electron chi connectivity index (χ3n) is 5.14. The number of rotatable bonds is 6. The Morgan fingerprint density at radius 3 is 2.63 bits per heavy atom. The molecule has 2 aromatic rings. The molecule has 0 atom stereocenters. The molecule has 1 fully saturated rings. The number of aromatic nitrogens is 1. The van der Waals surface area contributed by atoms with Crippen LogP contribution in [0.25, 0.3) is 0 Å². The first-order valence-corrected chi connectivity index (χ1v) is 9.31. The van der Waals surface area contributed by atoms with E-state index in [1.165, 1.54) is 0 Å². The summed E-state index contributed by atoms with van der Waals surface area (Å²) in [5, 5.41) is 19.3. The standard InChI is InChI=1S/C22H24N2O3/c1-12(2)19-20(21(26)16-7-4-13(3)8-15(16)10-23)17(9-14-5-6-14)18(11-25)24-22(19)27/h4,7-8,12,14,25H,5-6,9,11H2,1-3H3,(H,24,27). The maximum Gasteiger partial charge on any atom is 0.252 e. The number of carbonyl (C=O) groups excluding carboxylic acids is 1. The minimum atomic E-state index is -0.345. The van der Waals surface area contributed by atoms with Crippen LogP contribution in [0.4, 0.5) is 0 Å². The van der Waals surface area contributed by atoms with Crippen LogP contribution in [0.2, 0.25) is 0 Å². The molecule has 5 nitrogen and oxygen atoms in total. The summed E-state index contributed by atoms with van der Waals surface area (Å²) in [5.74, 6) is 0.00213. The van der Waals surface area contributed by atoms with Gasteiger partial charge in [-0.05, 0) is 61.3 Å². The molecule has 1 heterocycles. The van der Waals surface area contributed by atoms with Crippen molar-refractivity contribution in [3.8, 4) is 6.07 Å². The highest BCUT2D eigenvalue weighted by Gasteiger charge is 2.30. The predicted octanol–water partition coefficient (Wildman–Crippen LogP) is 3.35. The molecule has 1 aromatic heterocycles. The molecule has 0 saturated heterocycles. The van der Waals surface area contributed by atoms with E-state index in [1.54, 1.807) is 18.2 Å². The van der Waals surface area contributed by atoms with Crippen molar-refractivity contribution in [1.82, 2.24) is 4.98 Å². The molecular weight excluding hydrogens is 340 g/mol. The van der Waals surface area contributed by atoms with Gasteiger partial charge < -0.3 is 10.1 Å². The van der Waals surface area contributed by atoms with Gasteiger partial charge in [0.1, 0.15) is 0 Å². The van der Waals surface area contributed by atoms with Crippen LogP contribution in [0.5, 0.6) is 0 Å². The molecule has 0 radical (unpaired) electrons. The molecule has 0 aliphatic heterocycles. The van der Waals surface area contributed by atoms with Crippen molar-refractivity contribution in [2.75, 3.05) is 0 Å². The number of pyridine rings is 1. The van der Waals surface area contributed by atoms with Crippen LogP contribution in [0.3, 0.4) is 0 Å². The van der Waals surface area contributed by atoms with Crippen molar-refractivity contribution in [2.45, 2.75) is 52.6 Å². The number of aliphatic hydroxyl groups excluding tert-OH is 1. The average Bonchev–Trinajstić information content (AvgIpc) is 3.45. The first-order chi connectivity index (χ1) is 12.9. The number of ketones is 1. The van der Waals surface area contributed by atoms with Gasteiger partial charge in [0.2, 0.25) is 0 Å². The smallest absolute Gasteiger partial charge is 0.252 e. The lowest BCUT2D eigenvalue weighted by Crippen LogP contribution is -2.26. The Labute approximate surface area is 158 Å². The Kier molecular flexibility index (Phi) is 5.29. The zero-order valence-electron chi connectivity index (χ0n) is 15.9. The average molecular weight is 364 g/mol. The summed E-state index contributed by atoms with van der Waals surface area (Å²) in [6.45, 7) is 5.29. The van der Waals surface area contributed by atoms with E-state index < -0.39 is 0 Å². The number of aryl methyl sites for hydroxylation is 1. The van der Waals surface area contributed by atoms with Crippen molar-refractivity contribution >= 4 is 5.78 Å². The Morgan fingerprint density at radius 2 is 2.07 bits per heavy atom. The fourth-order valence-corrected chi connectivity index (χ4v) is 3.57. The lowest BCUT2D eigenvalue weighted by atomic mass is 9.85. The van der Waals surface area contributed by atoms with E-state index in [0.29, 0.717) is 40.3 Å². The summed E-state index contributed by atoms with van der Waals surface area (Å²) in [4.78, 5) is 29.0. The molecule has 0 amide bonds. The molecule has 1 aliphatic carbocycles. The number of nitrogens with zero attached hydrogens (tertiary/aromatic N) is 1. The molecule has 1 aliphatic rings. The Hall–Kier alpha value is -2.71. The lowest BCUT2D eigenvalue weighted by Gasteiger charge is -2.19. The van der Waals surface area contributed by atoms with Gasteiger partial charge in [-0.15, -0.1) is 0 Å². The summed E-state index contributed by atoms with van der Waals surface area (Å²) in [6, 6.07) is 7.23. The fraction of sp³-hybridized carbons (Fsp3) is 0.409. The van der Waals surface area contributed by atoms with Gasteiger partial charge >= 0.3 is 0 Å². The Bertz CT molecular complexity index is 992. The summed E-state index contributed by atoms with van der Waals surface area (Å²) >= 11 is 0. The summed E-state index contributed by atoms with van der Waals surface area (Å²) in [7, 11) is 0. The monoisotopic (exact) mass is 364 g/mol. The van der Waals surface area contributed by atoms with E-state index in [0.717, 1.165) is 24.0 Å². The van der Waals surface area contributed by atoms with Gasteiger partial charge in [0, 0.05) is 22.4 Å². The van der Waals surface area contributed by atoms with Crippen molar-refractivity contribution in [3.05, 3.63) is 67.6 Å². The molecule has 27 heavy (non-hydrogen) atoms. The summed E-state index contributed by atoms with van der Waals surface area (Å²) in [5.41, 5.74) is 3.08. The van der Waals surface area contributed by atoms with Crippen molar-refractivity contribution in [3.63, 3.8) is 0 Å². The second kappa shape index (κ2) is 7.50. The second-order valence-corrected chi connectivity index (χ2v) is 7.65. The van der Waals surface area contributed by atoms with E-state index in [2.05, 4.69) is 11.1 Å². The molecule has 140 valence electrons. The van der Waals surface area contributed by atoms with Crippen LogP contribution in [0.15, 0.2) is 23.0 Å². The van der Waals surface area contributed by atoms with E-state index in [9.17, 15) is 20.0 Å². The SMILES string of the molecule is Cc1ccc(C(=O)c2c(CC3CC3)c(CO)[nH]c(=O)c2C(C)C)c(C#N)c1. The van der Waals surface area contributed by atoms with Gasteiger partial charge in [-0.2, -0.15) is 5.26 Å². The van der Waals surface area contributed by atoms with Gasteiger partial charge in [-0.1, -0.05) is 19.9 Å². The lowest BCUT2D eigenvalue weighted by molar-refractivity contribution is 0.103. The van der Waals surface area contributed by atoms with Gasteiger partial charge in [0.15, 0.2) is 5.78 Å². The van der Waals surface area contributed by atoms with Gasteiger partial charge in [0.05, 0.1) is 18.2 Å². The van der Waals surface area contributed by atoms with Crippen LogP contribution < -0.4 is 5.56 Å². The van der Waals surface area contributed by atoms with Gasteiger partial charge in [-0.25, -0.2) is 0 Å². The number of aromatic amines is 1. The number of benzene rings is 1. The largest absolute Gasteiger partial charge is 0.390 e. The first kappa shape index (κ1) is 19.1. The number of aliphatic hydroxyl groups is 1. The normalized spacial score (nSPS) is 13.6. The van der Waals surface area contributed by atoms with Crippen molar-refractivity contribution in [1.29, 1.82) is 5.26 Å². The Balaban J connectivity index is 2.29. The van der Waals surface area contributed by atoms with Crippen molar-refractivity contribution in [2.24, 2.45) is 5.92 Å². The fourth-order valence-electron chi connectivity index (χ4n) is 3.57. The third-order valence-corrected chi connectivity index (χ3v) is 5.14. The number of nitriles is 1. The molecule has 0 bridgehead atoms. The molecule has 0 spiro atoms. The van der Waals surface area contributed by atoms with Crippen LogP contribution in [0, 0.1) is 24.2 Å². The second-order valence-electron chi connectivity index (χ2n) is 7.65. The zero-order chi connectivity index (χ0) is 19.7. The van der Waals surface area contributed by atoms with Crippen LogP contribution in [0.1, 0.15) is 76.5 Å². The molecular formula is C22H24N2O3. The zero-order valence-corrected chi connectivity index (χ0v) is 15.9. The quantitative estimate of drug-likeness (QED) is 0.769. The Morgan fingerprint density at radius 1 is 1.37 bits per heavy atom. The number of hydrogen-bond donors (Lipinski definition) is 2. The van der Waals surface area contributed by atoms with Crippen LogP contribution >= 0.6 is 0 Å². The maximum atomic E-state index is 13.5. The summed E-state index contributed by atoms with van der Waals surface area (Å²) < 4.78 is 0. The highest BCUT2D eigenvalue weighted by molar-refractivity contribution is 6.12. The van der Waals surface area contributed by atoms with Gasteiger partial charge in [-0.3, -0.25) is 9.59 Å². The van der Waals surface area contributed by atoms with Crippen molar-refractivity contribution < 1.29 is 9.90 Å². The van der Waals surface area contributed by atoms with E-state index in [4.69, 9.17) is 0 Å². The highest BCUT2D eigenvalue weighted by Crippen LogP contribution is 2.36. The third kappa shape index (κ3) is 3.72. The van der Waals surface area contributed by atoms with Gasteiger partial charge in [0.25, 0.3) is 5.56 Å². The molecule has 1 saturated carbocycles. The predicted molar refractivity (Wildman–Crippen MR) is 103 cm³/mol. The van der Waals surface area contributed by atoms with Crippen LogP contribution in [-0.2, 0) is 13.0 Å². The molecule has 2 N–H and O–H groups in total. The van der Waals surface area contributed by atoms with E-state index >= 15 is 0 Å². The maximum absolute atomic E-state index is 13.5. The number of carbonyl (C=O) groups is 1. The minimum Gasteiger partial charge on any atom is -0.390 e. The molecule has 5 heteroatoms. The molecule has 1 aromatic carbocycles. The molecule has 3 rings (SSSR count). The van der Waals surface area contributed by atoms with E-state index in [-0.39, 0.29) is 23.9 Å². The van der Waals surface area contributed by atoms with E-state index in [1.807, 2.05) is 20.8 Å². The van der Waals surface area contributed by atoms with Crippen LogP contribution in [-0.4, -0.2) is 15.9 Å². The first-order valence-electron chi connectivity index (χ1n) is 9.31. The topological polar surface area (TPSA) is 93.9 Å². The number of hydrogen-bond acceptors (Lipinski definition) is 4. The summed E-state index contributed by atoms with van der Waals surface area (Å²) in [6.07, 6.45) is 2.83. The number of nitrogens with one attached hydrogen (secondary N) is 1. The highest BCUT2D eigenvalue weighted by atomic mass is 16.3. The minimum absolute atomic E-state index is 0.158.